The average molecular weight is 188 g/mol. The van der Waals surface area contributed by atoms with E-state index in [1.54, 1.807) is 12.3 Å². The van der Waals surface area contributed by atoms with Crippen molar-refractivity contribution in [3.8, 4) is 0 Å². The Morgan fingerprint density at radius 2 is 1.55 bits per heavy atom. The van der Waals surface area contributed by atoms with Crippen molar-refractivity contribution in [2.75, 3.05) is 19.0 Å². The molecule has 66 valence electrons. The van der Waals surface area contributed by atoms with Crippen LogP contribution in [-0.2, 0) is 0 Å². The second kappa shape index (κ2) is 3.10. The number of hydrogen-bond donors (Lipinski definition) is 0. The van der Waals surface area contributed by atoms with Crippen LogP contribution in [-0.4, -0.2) is 32.5 Å². The summed E-state index contributed by atoms with van der Waals surface area (Å²) in [6.45, 7) is 9.46. The molecule has 1 aliphatic heterocycles. The van der Waals surface area contributed by atoms with Gasteiger partial charge in [0.2, 0.25) is 0 Å². The van der Waals surface area contributed by atoms with Gasteiger partial charge < -0.3 is 0 Å². The first kappa shape index (κ1) is 9.60. The third kappa shape index (κ3) is 3.17. The molecule has 0 nitrogen and oxygen atoms in total. The highest BCUT2D eigenvalue weighted by molar-refractivity contribution is 7.78. The van der Waals surface area contributed by atoms with E-state index < -0.39 is 15.0 Å². The predicted molar refractivity (Wildman–Crippen MR) is 61.2 cm³/mol. The summed E-state index contributed by atoms with van der Waals surface area (Å²) in [4.78, 5) is 0. The molecule has 1 rings (SSSR count). The van der Waals surface area contributed by atoms with Gasteiger partial charge in [0.25, 0.3) is 0 Å². The van der Waals surface area contributed by atoms with Crippen molar-refractivity contribution in [3.63, 3.8) is 0 Å². The van der Waals surface area contributed by atoms with Crippen molar-refractivity contribution in [2.24, 2.45) is 0 Å². The van der Waals surface area contributed by atoms with Crippen molar-refractivity contribution in [1.82, 2.24) is 0 Å². The van der Waals surface area contributed by atoms with Gasteiger partial charge in [-0.3, -0.25) is 0 Å². The molecule has 0 bridgehead atoms. The van der Waals surface area contributed by atoms with E-state index in [0.29, 0.717) is 0 Å². The van der Waals surface area contributed by atoms with Crippen LogP contribution in [0.1, 0.15) is 12.8 Å². The minimum Gasteiger partial charge on any atom is -0.115 e. The highest BCUT2D eigenvalue weighted by atomic mass is 31.2. The van der Waals surface area contributed by atoms with Gasteiger partial charge in [-0.2, -0.15) is 0 Å². The van der Waals surface area contributed by atoms with Crippen LogP contribution in [0.2, 0.25) is 19.6 Å². The van der Waals surface area contributed by atoms with Crippen molar-refractivity contribution in [2.45, 2.75) is 32.5 Å². The van der Waals surface area contributed by atoms with Crippen LogP contribution in [0.4, 0.5) is 0 Å². The van der Waals surface area contributed by atoms with Gasteiger partial charge in [0.1, 0.15) is 0 Å². The molecule has 0 atom stereocenters. The molecular weight excluding hydrogens is 167 g/mol. The summed E-state index contributed by atoms with van der Waals surface area (Å²) in [6.07, 6.45) is 6.12. The lowest BCUT2D eigenvalue weighted by molar-refractivity contribution is 0.949. The maximum absolute atomic E-state index is 2.80. The van der Waals surface area contributed by atoms with Gasteiger partial charge in [-0.25, -0.2) is 0 Å². The normalized spacial score (nSPS) is 23.6. The second-order valence-electron chi connectivity index (χ2n) is 5.13. The van der Waals surface area contributed by atoms with Crippen molar-refractivity contribution in [3.05, 3.63) is 0 Å². The summed E-state index contributed by atoms with van der Waals surface area (Å²) in [5.41, 5.74) is 2.80. The van der Waals surface area contributed by atoms with E-state index >= 15 is 0 Å². The minimum atomic E-state index is -0.870. The molecule has 0 aliphatic carbocycles. The molecule has 1 fully saturated rings. The Morgan fingerprint density at radius 1 is 1.09 bits per heavy atom. The van der Waals surface area contributed by atoms with E-state index in [0.717, 1.165) is 0 Å². The smallest absolute Gasteiger partial charge is 0.0688 e. The molecule has 0 aromatic rings. The maximum atomic E-state index is 2.80. The van der Waals surface area contributed by atoms with Gasteiger partial charge >= 0.3 is 0 Å². The quantitative estimate of drug-likeness (QED) is 0.438. The van der Waals surface area contributed by atoms with Gasteiger partial charge in [0.15, 0.2) is 0 Å². The molecule has 0 aromatic heterocycles. The van der Waals surface area contributed by atoms with Crippen molar-refractivity contribution in [1.29, 1.82) is 0 Å². The number of hydrogen-bond acceptors (Lipinski definition) is 0. The fraction of sp³-hybridized carbons (Fsp3) is 0.889. The lowest BCUT2D eigenvalue weighted by Crippen LogP contribution is -2.23. The van der Waals surface area contributed by atoms with Crippen LogP contribution in [0.3, 0.4) is 0 Å². The fourth-order valence-corrected chi connectivity index (χ4v) is 12.8. The standard InChI is InChI=1S/C9H21PSi/c1-10(7-5-6-8-10)9-11(2,3)4/h9H,5-8H2,1-4H3. The third-order valence-electron chi connectivity index (χ3n) is 2.29. The summed E-state index contributed by atoms with van der Waals surface area (Å²) in [5.74, 6) is 0. The summed E-state index contributed by atoms with van der Waals surface area (Å²) in [7, 11) is -0.870. The van der Waals surface area contributed by atoms with E-state index in [-0.39, 0.29) is 0 Å². The first-order chi connectivity index (χ1) is 4.91. The summed E-state index contributed by atoms with van der Waals surface area (Å²) >= 11 is 0. The second-order valence-corrected chi connectivity index (χ2v) is 14.7. The highest BCUT2D eigenvalue weighted by Gasteiger charge is 2.21. The molecule has 0 aromatic carbocycles. The largest absolute Gasteiger partial charge is 0.115 e. The van der Waals surface area contributed by atoms with Crippen LogP contribution >= 0.6 is 6.89 Å². The molecule has 0 radical (unpaired) electrons. The van der Waals surface area contributed by atoms with Gasteiger partial charge in [-0.05, 0) is 31.8 Å². The van der Waals surface area contributed by atoms with Crippen LogP contribution in [0, 0.1) is 0 Å². The molecule has 11 heavy (non-hydrogen) atoms. The molecule has 0 saturated carbocycles. The van der Waals surface area contributed by atoms with Gasteiger partial charge in [-0.15, -0.1) is 6.89 Å². The number of rotatable bonds is 1. The van der Waals surface area contributed by atoms with Crippen molar-refractivity contribution >= 4 is 20.4 Å². The highest BCUT2D eigenvalue weighted by Crippen LogP contribution is 2.50. The van der Waals surface area contributed by atoms with E-state index in [2.05, 4.69) is 31.7 Å². The Hall–Kier alpha value is 0.517. The molecule has 1 saturated heterocycles. The van der Waals surface area contributed by atoms with Gasteiger partial charge in [0, 0.05) is 0 Å². The molecule has 1 aliphatic rings. The van der Waals surface area contributed by atoms with Crippen LogP contribution in [0.25, 0.3) is 0 Å². The van der Waals surface area contributed by atoms with E-state index in [1.165, 1.54) is 12.8 Å². The molecule has 0 unspecified atom stereocenters. The van der Waals surface area contributed by atoms with Crippen LogP contribution in [0.15, 0.2) is 0 Å². The Balaban J connectivity index is 2.78. The summed E-state index contributed by atoms with van der Waals surface area (Å²) < 4.78 is 0. The SMILES string of the molecule is C[Si](C)(C)C=P1(C)CCCC1. The lowest BCUT2D eigenvalue weighted by Gasteiger charge is -2.20. The Bertz CT molecular complexity index is 178. The Labute approximate surface area is 72.4 Å². The monoisotopic (exact) mass is 188 g/mol. The first-order valence-electron chi connectivity index (χ1n) is 4.63. The zero-order valence-corrected chi connectivity index (χ0v) is 10.2. The third-order valence-corrected chi connectivity index (χ3v) is 10.6. The molecule has 0 amide bonds. The summed E-state index contributed by atoms with van der Waals surface area (Å²) in [5, 5.41) is 0. The Kier molecular flexibility index (Phi) is 2.71. The van der Waals surface area contributed by atoms with Crippen LogP contribution in [0.5, 0.6) is 0 Å². The van der Waals surface area contributed by atoms with E-state index in [1.807, 2.05) is 0 Å². The average Bonchev–Trinajstić information content (AvgIpc) is 2.09. The first-order valence-corrected chi connectivity index (χ1v) is 10.9. The van der Waals surface area contributed by atoms with Gasteiger partial charge in [0.05, 0.1) is 8.07 Å². The van der Waals surface area contributed by atoms with Crippen molar-refractivity contribution < 1.29 is 0 Å². The molecule has 1 heterocycles. The minimum absolute atomic E-state index is 0.505. The molecular formula is C9H21PSi. The van der Waals surface area contributed by atoms with Gasteiger partial charge in [-0.1, -0.05) is 25.1 Å². The molecule has 0 N–H and O–H groups in total. The fourth-order valence-electron chi connectivity index (χ4n) is 2.12. The topological polar surface area (TPSA) is 0 Å². The van der Waals surface area contributed by atoms with E-state index in [4.69, 9.17) is 0 Å². The molecule has 2 heteroatoms. The maximum Gasteiger partial charge on any atom is 0.0688 e. The molecule has 0 spiro atoms. The Morgan fingerprint density at radius 3 is 1.91 bits per heavy atom. The van der Waals surface area contributed by atoms with E-state index in [9.17, 15) is 0 Å². The predicted octanol–water partition coefficient (Wildman–Crippen LogP) is 3.11. The lowest BCUT2D eigenvalue weighted by atomic mass is 10.4. The zero-order valence-electron chi connectivity index (χ0n) is 8.35. The zero-order chi connectivity index (χ0) is 8.54. The summed E-state index contributed by atoms with van der Waals surface area (Å²) in [6, 6.07) is 0. The van der Waals surface area contributed by atoms with Crippen LogP contribution < -0.4 is 0 Å².